The molecule has 5 rings (SSSR count). The lowest BCUT2D eigenvalue weighted by molar-refractivity contribution is 0.412. The number of rotatable bonds is 4. The zero-order valence-electron chi connectivity index (χ0n) is 22.1. The lowest BCUT2D eigenvalue weighted by Crippen LogP contribution is -2.50. The SMILES string of the molecule is Cc1ccnc(C(C)C)c1-n1c(=O)nc(N2CCN[C@H](C)C2)c2cc(F)c(-c3c(N)c(F)c(F)c(F)c3F)nc21. The maximum atomic E-state index is 15.7. The summed E-state index contributed by atoms with van der Waals surface area (Å²) in [6.07, 6.45) is 1.57. The van der Waals surface area contributed by atoms with E-state index >= 15 is 4.39 Å². The Labute approximate surface area is 225 Å². The molecule has 4 aromatic rings. The molecule has 1 aliphatic heterocycles. The molecule has 4 heterocycles. The first-order chi connectivity index (χ1) is 18.9. The van der Waals surface area contributed by atoms with Crippen molar-refractivity contribution in [3.05, 3.63) is 69.2 Å². The molecule has 0 spiro atoms. The van der Waals surface area contributed by atoms with Crippen LogP contribution in [0, 0.1) is 36.0 Å². The number of aryl methyl sites for hydroxylation is 1. The first kappa shape index (κ1) is 27.4. The van der Waals surface area contributed by atoms with Gasteiger partial charge in [-0.25, -0.2) is 36.3 Å². The fraction of sp³-hybridized carbons (Fsp3) is 0.333. The van der Waals surface area contributed by atoms with E-state index in [0.717, 1.165) is 10.6 Å². The van der Waals surface area contributed by atoms with Gasteiger partial charge >= 0.3 is 5.69 Å². The maximum Gasteiger partial charge on any atom is 0.355 e. The molecule has 1 fully saturated rings. The molecule has 0 radical (unpaired) electrons. The summed E-state index contributed by atoms with van der Waals surface area (Å²) >= 11 is 0. The first-order valence-corrected chi connectivity index (χ1v) is 12.6. The molecule has 1 atom stereocenters. The van der Waals surface area contributed by atoms with Crippen LogP contribution in [-0.2, 0) is 0 Å². The summed E-state index contributed by atoms with van der Waals surface area (Å²) < 4.78 is 74.2. The molecule has 1 aliphatic rings. The minimum atomic E-state index is -2.17. The molecule has 0 saturated carbocycles. The normalized spacial score (nSPS) is 15.8. The number of hydrogen-bond donors (Lipinski definition) is 2. The monoisotopic (exact) mass is 559 g/mol. The van der Waals surface area contributed by atoms with Crippen molar-refractivity contribution in [2.75, 3.05) is 30.3 Å². The minimum absolute atomic E-state index is 0.0253. The molecule has 210 valence electrons. The number of nitrogens with one attached hydrogen (secondary N) is 1. The van der Waals surface area contributed by atoms with Crippen LogP contribution in [0.4, 0.5) is 33.5 Å². The highest BCUT2D eigenvalue weighted by Crippen LogP contribution is 2.37. The Bertz CT molecular complexity index is 1690. The summed E-state index contributed by atoms with van der Waals surface area (Å²) in [5.41, 5.74) is 2.94. The molecule has 0 unspecified atom stereocenters. The molecule has 1 saturated heterocycles. The van der Waals surface area contributed by atoms with Gasteiger partial charge in [0.2, 0.25) is 0 Å². The van der Waals surface area contributed by atoms with Gasteiger partial charge in [-0.15, -0.1) is 0 Å². The second kappa shape index (κ2) is 10.1. The van der Waals surface area contributed by atoms with Crippen LogP contribution in [0.5, 0.6) is 0 Å². The van der Waals surface area contributed by atoms with Gasteiger partial charge in [0.1, 0.15) is 11.5 Å². The first-order valence-electron chi connectivity index (χ1n) is 12.6. The van der Waals surface area contributed by atoms with E-state index in [1.54, 1.807) is 24.1 Å². The summed E-state index contributed by atoms with van der Waals surface area (Å²) in [6.45, 7) is 8.84. The van der Waals surface area contributed by atoms with Crippen molar-refractivity contribution in [2.45, 2.75) is 39.7 Å². The molecule has 0 amide bonds. The highest BCUT2D eigenvalue weighted by atomic mass is 19.2. The smallest absolute Gasteiger partial charge is 0.355 e. The lowest BCUT2D eigenvalue weighted by Gasteiger charge is -2.33. The van der Waals surface area contributed by atoms with E-state index in [0.29, 0.717) is 36.6 Å². The average Bonchev–Trinajstić information content (AvgIpc) is 2.91. The fourth-order valence-corrected chi connectivity index (χ4v) is 5.01. The third-order valence-electron chi connectivity index (χ3n) is 6.93. The highest BCUT2D eigenvalue weighted by molar-refractivity contribution is 5.91. The van der Waals surface area contributed by atoms with Crippen LogP contribution >= 0.6 is 0 Å². The standard InChI is InChI=1S/C27H26F5N7O/c1-11(2)22-24(12(3)5-6-35-22)39-26-14(25(37-27(39)40)38-8-7-34-13(4)10-38)9-15(28)23(36-26)16-17(29)18(30)19(31)20(32)21(16)33/h5-6,9,11,13,34H,7-8,10,33H2,1-4H3/t13-/m1/s1. The Kier molecular flexibility index (Phi) is 6.94. The lowest BCUT2D eigenvalue weighted by atomic mass is 10.0. The molecule has 0 aliphatic carbocycles. The van der Waals surface area contributed by atoms with Gasteiger partial charge < -0.3 is 16.0 Å². The number of halogens is 5. The van der Waals surface area contributed by atoms with Crippen molar-refractivity contribution < 1.29 is 22.0 Å². The predicted molar refractivity (Wildman–Crippen MR) is 141 cm³/mol. The summed E-state index contributed by atoms with van der Waals surface area (Å²) in [7, 11) is 0. The number of nitrogen functional groups attached to an aromatic ring is 1. The zero-order valence-corrected chi connectivity index (χ0v) is 22.1. The number of fused-ring (bicyclic) bond motifs is 1. The topological polar surface area (TPSA) is 102 Å². The Morgan fingerprint density at radius 3 is 2.45 bits per heavy atom. The number of nitrogens with two attached hydrogens (primary N) is 1. The maximum absolute atomic E-state index is 15.7. The van der Waals surface area contributed by atoms with Crippen LogP contribution < -0.4 is 21.6 Å². The Hall–Kier alpha value is -4.13. The van der Waals surface area contributed by atoms with E-state index in [1.165, 1.54) is 0 Å². The second-order valence-corrected chi connectivity index (χ2v) is 10.1. The van der Waals surface area contributed by atoms with E-state index in [2.05, 4.69) is 20.3 Å². The molecule has 13 heteroatoms. The van der Waals surface area contributed by atoms with Crippen LogP contribution in [0.15, 0.2) is 23.1 Å². The van der Waals surface area contributed by atoms with Crippen molar-refractivity contribution in [1.82, 2.24) is 24.8 Å². The van der Waals surface area contributed by atoms with Gasteiger partial charge in [0.15, 0.2) is 34.7 Å². The fourth-order valence-electron chi connectivity index (χ4n) is 5.01. The molecule has 1 aromatic carbocycles. The van der Waals surface area contributed by atoms with Gasteiger partial charge in [-0.2, -0.15) is 4.98 Å². The molecular formula is C27H26F5N7O. The zero-order chi connectivity index (χ0) is 29.0. The molecule has 0 bridgehead atoms. The van der Waals surface area contributed by atoms with Crippen molar-refractivity contribution in [1.29, 1.82) is 0 Å². The van der Waals surface area contributed by atoms with Crippen LogP contribution in [0.2, 0.25) is 0 Å². The number of anilines is 2. The third-order valence-corrected chi connectivity index (χ3v) is 6.93. The van der Waals surface area contributed by atoms with E-state index in [-0.39, 0.29) is 28.8 Å². The molecule has 3 aromatic heterocycles. The number of hydrogen-bond acceptors (Lipinski definition) is 7. The van der Waals surface area contributed by atoms with E-state index in [4.69, 9.17) is 5.73 Å². The molecule has 8 nitrogen and oxygen atoms in total. The summed E-state index contributed by atoms with van der Waals surface area (Å²) in [6, 6.07) is 2.65. The number of aromatic nitrogens is 4. The summed E-state index contributed by atoms with van der Waals surface area (Å²) in [4.78, 5) is 28.4. The van der Waals surface area contributed by atoms with Gasteiger partial charge in [0, 0.05) is 31.9 Å². The highest BCUT2D eigenvalue weighted by Gasteiger charge is 2.30. The average molecular weight is 560 g/mol. The van der Waals surface area contributed by atoms with Crippen molar-refractivity contribution >= 4 is 22.5 Å². The van der Waals surface area contributed by atoms with Crippen LogP contribution in [0.3, 0.4) is 0 Å². The van der Waals surface area contributed by atoms with Gasteiger partial charge in [-0.3, -0.25) is 4.98 Å². The van der Waals surface area contributed by atoms with Gasteiger partial charge in [0.25, 0.3) is 0 Å². The minimum Gasteiger partial charge on any atom is -0.396 e. The van der Waals surface area contributed by atoms with Crippen molar-refractivity contribution in [2.24, 2.45) is 0 Å². The number of nitrogens with zero attached hydrogens (tertiary/aromatic N) is 5. The van der Waals surface area contributed by atoms with E-state index < -0.39 is 51.7 Å². The van der Waals surface area contributed by atoms with Crippen LogP contribution in [-0.4, -0.2) is 45.2 Å². The second-order valence-electron chi connectivity index (χ2n) is 10.1. The Morgan fingerprint density at radius 1 is 1.07 bits per heavy atom. The largest absolute Gasteiger partial charge is 0.396 e. The van der Waals surface area contributed by atoms with Crippen LogP contribution in [0.25, 0.3) is 28.0 Å². The van der Waals surface area contributed by atoms with Crippen LogP contribution in [0.1, 0.15) is 37.9 Å². The third kappa shape index (κ3) is 4.34. The summed E-state index contributed by atoms with van der Waals surface area (Å²) in [5, 5.41) is 3.36. The van der Waals surface area contributed by atoms with Gasteiger partial charge in [0.05, 0.1) is 28.0 Å². The van der Waals surface area contributed by atoms with E-state index in [9.17, 15) is 22.4 Å². The number of pyridine rings is 2. The van der Waals surface area contributed by atoms with Gasteiger partial charge in [-0.1, -0.05) is 13.8 Å². The van der Waals surface area contributed by atoms with Crippen molar-refractivity contribution in [3.63, 3.8) is 0 Å². The van der Waals surface area contributed by atoms with E-state index in [1.807, 2.05) is 20.8 Å². The Morgan fingerprint density at radius 2 is 1.77 bits per heavy atom. The van der Waals surface area contributed by atoms with Gasteiger partial charge in [-0.05, 0) is 37.5 Å². The quantitative estimate of drug-likeness (QED) is 0.166. The molecular weight excluding hydrogens is 533 g/mol. The Balaban J connectivity index is 1.93. The number of benzene rings is 1. The number of piperazine rings is 1. The molecule has 3 N–H and O–H groups in total. The summed E-state index contributed by atoms with van der Waals surface area (Å²) in [5.74, 6) is -9.34. The van der Waals surface area contributed by atoms with Crippen molar-refractivity contribution in [3.8, 4) is 16.9 Å². The molecule has 40 heavy (non-hydrogen) atoms. The predicted octanol–water partition coefficient (Wildman–Crippen LogP) is 4.35.